The van der Waals surface area contributed by atoms with Gasteiger partial charge in [0, 0.05) is 18.2 Å². The lowest BCUT2D eigenvalue weighted by Gasteiger charge is -2.16. The monoisotopic (exact) mass is 497 g/mol. The Bertz CT molecular complexity index is 1460. The van der Waals surface area contributed by atoms with Gasteiger partial charge in [0.05, 0.1) is 28.8 Å². The Labute approximate surface area is 204 Å². The molecule has 4 rings (SSSR count). The Morgan fingerprint density at radius 2 is 1.75 bits per heavy atom. The molecule has 1 aromatic heterocycles. The summed E-state index contributed by atoms with van der Waals surface area (Å²) in [4.78, 5) is 26.3. The maximum Gasteiger partial charge on any atom is 0.416 e. The number of benzene rings is 3. The molecule has 186 valence electrons. The molecule has 0 atom stereocenters. The first kappa shape index (κ1) is 25.0. The van der Waals surface area contributed by atoms with Crippen molar-refractivity contribution in [3.05, 3.63) is 93.6 Å². The summed E-state index contributed by atoms with van der Waals surface area (Å²) in [5.41, 5.74) is -0.411. The van der Waals surface area contributed by atoms with Crippen molar-refractivity contribution in [2.75, 3.05) is 25.6 Å². The van der Waals surface area contributed by atoms with Crippen LogP contribution in [0.1, 0.15) is 21.5 Å². The average Bonchev–Trinajstić information content (AvgIpc) is 2.86. The number of halogens is 3. The van der Waals surface area contributed by atoms with Gasteiger partial charge in [0.2, 0.25) is 0 Å². The molecule has 36 heavy (non-hydrogen) atoms. The van der Waals surface area contributed by atoms with E-state index in [2.05, 4.69) is 5.32 Å². The van der Waals surface area contributed by atoms with Crippen molar-refractivity contribution in [1.82, 2.24) is 0 Å². The molecule has 6 nitrogen and oxygen atoms in total. The summed E-state index contributed by atoms with van der Waals surface area (Å²) >= 11 is 0. The Morgan fingerprint density at radius 3 is 2.44 bits per heavy atom. The molecule has 0 aliphatic heterocycles. The second-order valence-electron chi connectivity index (χ2n) is 7.94. The number of methoxy groups -OCH3 is 1. The number of amides is 1. The molecule has 0 aliphatic rings. The number of hydrogen-bond donors (Lipinski definition) is 1. The highest BCUT2D eigenvalue weighted by Crippen LogP contribution is 2.36. The molecular weight excluding hydrogens is 475 g/mol. The number of fused-ring (bicyclic) bond motifs is 1. The summed E-state index contributed by atoms with van der Waals surface area (Å²) in [6.45, 7) is 1.89. The molecule has 1 N–H and O–H groups in total. The first-order valence-electron chi connectivity index (χ1n) is 11.0. The molecule has 0 aliphatic carbocycles. The van der Waals surface area contributed by atoms with Crippen molar-refractivity contribution in [1.29, 1.82) is 0 Å². The number of nitrogens with one attached hydrogen (secondary N) is 1. The second-order valence-corrected chi connectivity index (χ2v) is 7.94. The van der Waals surface area contributed by atoms with E-state index in [1.54, 1.807) is 31.2 Å². The third-order valence-electron chi connectivity index (χ3n) is 5.53. The molecule has 0 spiro atoms. The van der Waals surface area contributed by atoms with Gasteiger partial charge in [0.25, 0.3) is 5.91 Å². The number of anilines is 1. The minimum atomic E-state index is -4.63. The van der Waals surface area contributed by atoms with Crippen molar-refractivity contribution in [3.8, 4) is 17.1 Å². The molecule has 3 aromatic carbocycles. The molecular formula is C27H22F3NO5. The molecule has 0 fully saturated rings. The smallest absolute Gasteiger partial charge is 0.416 e. The largest absolute Gasteiger partial charge is 0.489 e. The summed E-state index contributed by atoms with van der Waals surface area (Å²) in [6, 6.07) is 16.2. The van der Waals surface area contributed by atoms with E-state index < -0.39 is 17.6 Å². The fraction of sp³-hybridized carbons (Fsp3) is 0.185. The predicted molar refractivity (Wildman–Crippen MR) is 129 cm³/mol. The first-order chi connectivity index (χ1) is 17.2. The number of para-hydroxylation sites is 1. The number of rotatable bonds is 7. The molecule has 4 aromatic rings. The SMILES string of the molecule is COCCOc1ccc(C(F)(F)F)cc1NC(=O)c1cccc2c(=O)c(C)c(-c3ccccc3)oc12. The normalized spacial score (nSPS) is 11.5. The van der Waals surface area contributed by atoms with Gasteiger partial charge in [0.15, 0.2) is 11.0 Å². The summed E-state index contributed by atoms with van der Waals surface area (Å²) in [6.07, 6.45) is -4.63. The maximum atomic E-state index is 13.3. The van der Waals surface area contributed by atoms with Crippen LogP contribution in [-0.2, 0) is 10.9 Å². The minimum Gasteiger partial charge on any atom is -0.489 e. The second kappa shape index (κ2) is 10.2. The number of carbonyl (C=O) groups is 1. The van der Waals surface area contributed by atoms with Gasteiger partial charge in [-0.05, 0) is 37.3 Å². The van der Waals surface area contributed by atoms with Crippen molar-refractivity contribution in [2.45, 2.75) is 13.1 Å². The standard InChI is InChI=1S/C27H22F3NO5/c1-16-23(32)19-9-6-10-20(25(19)36-24(16)17-7-4-3-5-8-17)26(33)31-21-15-18(27(28,29)30)11-12-22(21)35-14-13-34-2/h3-12,15H,13-14H2,1-2H3,(H,31,33). The van der Waals surface area contributed by atoms with Crippen LogP contribution in [0, 0.1) is 6.92 Å². The van der Waals surface area contributed by atoms with Crippen molar-refractivity contribution in [2.24, 2.45) is 0 Å². The van der Waals surface area contributed by atoms with Gasteiger partial charge in [-0.15, -0.1) is 0 Å². The fourth-order valence-electron chi connectivity index (χ4n) is 3.71. The number of hydrogen-bond acceptors (Lipinski definition) is 5. The van der Waals surface area contributed by atoms with Crippen LogP contribution in [-0.4, -0.2) is 26.2 Å². The summed E-state index contributed by atoms with van der Waals surface area (Å²) in [7, 11) is 1.46. The maximum absolute atomic E-state index is 13.3. The van der Waals surface area contributed by atoms with E-state index >= 15 is 0 Å². The lowest BCUT2D eigenvalue weighted by atomic mass is 10.0. The van der Waals surface area contributed by atoms with Crippen LogP contribution < -0.4 is 15.5 Å². The highest BCUT2D eigenvalue weighted by molar-refractivity contribution is 6.12. The van der Waals surface area contributed by atoms with Crippen molar-refractivity contribution >= 4 is 22.6 Å². The zero-order valence-corrected chi connectivity index (χ0v) is 19.4. The summed E-state index contributed by atoms with van der Waals surface area (Å²) < 4.78 is 56.5. The quantitative estimate of drug-likeness (QED) is 0.314. The van der Waals surface area contributed by atoms with Crippen molar-refractivity contribution in [3.63, 3.8) is 0 Å². The molecule has 1 amide bonds. The number of alkyl halides is 3. The van der Waals surface area contributed by atoms with Gasteiger partial charge in [-0.1, -0.05) is 36.4 Å². The number of carbonyl (C=O) groups excluding carboxylic acids is 1. The fourth-order valence-corrected chi connectivity index (χ4v) is 3.71. The van der Waals surface area contributed by atoms with E-state index in [-0.39, 0.29) is 46.6 Å². The highest BCUT2D eigenvalue weighted by Gasteiger charge is 2.31. The van der Waals surface area contributed by atoms with Gasteiger partial charge in [-0.25, -0.2) is 0 Å². The highest BCUT2D eigenvalue weighted by atomic mass is 19.4. The van der Waals surface area contributed by atoms with Gasteiger partial charge in [-0.3, -0.25) is 9.59 Å². The van der Waals surface area contributed by atoms with E-state index in [1.807, 2.05) is 6.07 Å². The van der Waals surface area contributed by atoms with Crippen LogP contribution in [0.15, 0.2) is 75.9 Å². The Balaban J connectivity index is 1.79. The third kappa shape index (κ3) is 5.11. The van der Waals surface area contributed by atoms with Crippen LogP contribution in [0.5, 0.6) is 5.75 Å². The average molecular weight is 497 g/mol. The number of ether oxygens (including phenoxy) is 2. The van der Waals surface area contributed by atoms with Crippen LogP contribution in [0.3, 0.4) is 0 Å². The van der Waals surface area contributed by atoms with Crippen LogP contribution in [0.2, 0.25) is 0 Å². The topological polar surface area (TPSA) is 77.8 Å². The van der Waals surface area contributed by atoms with Gasteiger partial charge < -0.3 is 19.2 Å². The van der Waals surface area contributed by atoms with Crippen LogP contribution in [0.4, 0.5) is 18.9 Å². The van der Waals surface area contributed by atoms with Gasteiger partial charge >= 0.3 is 6.18 Å². The van der Waals surface area contributed by atoms with E-state index in [1.165, 1.54) is 25.3 Å². The lowest BCUT2D eigenvalue weighted by Crippen LogP contribution is -2.17. The Hall–Kier alpha value is -4.11. The van der Waals surface area contributed by atoms with Gasteiger partial charge in [-0.2, -0.15) is 13.2 Å². The van der Waals surface area contributed by atoms with E-state index in [4.69, 9.17) is 13.9 Å². The predicted octanol–water partition coefficient (Wildman–Crippen LogP) is 6.06. The molecule has 0 saturated carbocycles. The molecule has 0 bridgehead atoms. The molecule has 0 saturated heterocycles. The van der Waals surface area contributed by atoms with Gasteiger partial charge in [0.1, 0.15) is 18.1 Å². The zero-order valence-electron chi connectivity index (χ0n) is 19.4. The molecule has 9 heteroatoms. The molecule has 0 unspecified atom stereocenters. The van der Waals surface area contributed by atoms with Crippen LogP contribution >= 0.6 is 0 Å². The van der Waals surface area contributed by atoms with E-state index in [0.717, 1.165) is 18.2 Å². The van der Waals surface area contributed by atoms with E-state index in [0.29, 0.717) is 16.9 Å². The minimum absolute atomic E-state index is 0.0120. The molecule has 1 heterocycles. The molecule has 0 radical (unpaired) electrons. The third-order valence-corrected chi connectivity index (χ3v) is 5.53. The van der Waals surface area contributed by atoms with Crippen LogP contribution in [0.25, 0.3) is 22.3 Å². The zero-order chi connectivity index (χ0) is 25.9. The van der Waals surface area contributed by atoms with E-state index in [9.17, 15) is 22.8 Å². The first-order valence-corrected chi connectivity index (χ1v) is 11.0. The lowest BCUT2D eigenvalue weighted by molar-refractivity contribution is -0.137. The summed E-state index contributed by atoms with van der Waals surface area (Å²) in [5, 5.41) is 2.67. The Morgan fingerprint density at radius 1 is 1.00 bits per heavy atom. The summed E-state index contributed by atoms with van der Waals surface area (Å²) in [5.74, 6) is -0.422. The Kier molecular flexibility index (Phi) is 7.12. The van der Waals surface area contributed by atoms with Crippen molar-refractivity contribution < 1.29 is 31.9 Å².